The van der Waals surface area contributed by atoms with Gasteiger partial charge >= 0.3 is 6.18 Å². The second kappa shape index (κ2) is 6.69. The smallest absolute Gasteiger partial charge is 0.390 e. The first-order valence-corrected chi connectivity index (χ1v) is 9.89. The summed E-state index contributed by atoms with van der Waals surface area (Å²) in [5.74, 6) is -2.64. The van der Waals surface area contributed by atoms with Gasteiger partial charge in [0.15, 0.2) is 0 Å². The van der Waals surface area contributed by atoms with Crippen LogP contribution in [0.5, 0.6) is 0 Å². The molecule has 2 aliphatic rings. The third kappa shape index (κ3) is 3.05. The molecular weight excluding hydrogens is 401 g/mol. The van der Waals surface area contributed by atoms with Gasteiger partial charge in [0, 0.05) is 6.42 Å². The Morgan fingerprint density at radius 3 is 2.53 bits per heavy atom. The van der Waals surface area contributed by atoms with E-state index in [1.54, 1.807) is 13.0 Å². The number of amides is 2. The van der Waals surface area contributed by atoms with Crippen molar-refractivity contribution in [3.05, 3.63) is 23.3 Å². The van der Waals surface area contributed by atoms with Gasteiger partial charge in [-0.05, 0) is 56.4 Å². The van der Waals surface area contributed by atoms with Gasteiger partial charge in [0.05, 0.1) is 16.6 Å². The molecule has 1 aromatic heterocycles. The van der Waals surface area contributed by atoms with Crippen molar-refractivity contribution in [2.24, 2.45) is 0 Å². The summed E-state index contributed by atoms with van der Waals surface area (Å²) in [5, 5.41) is 14.5. The number of carbonyl (C=O) groups is 2. The van der Waals surface area contributed by atoms with E-state index in [1.165, 1.54) is 6.07 Å². The SMILES string of the molecule is Cc1cc2nc3n(c2cc1C)C(NC(=O)CCC1(O)CCCC1)(C(F)(F)F)C(=O)N3. The molecule has 7 nitrogen and oxygen atoms in total. The van der Waals surface area contributed by atoms with Crippen LogP contribution in [0, 0.1) is 13.8 Å². The maximum absolute atomic E-state index is 14.3. The zero-order valence-electron chi connectivity index (χ0n) is 16.7. The number of anilines is 1. The highest BCUT2D eigenvalue weighted by Crippen LogP contribution is 2.44. The Labute approximate surface area is 170 Å². The first kappa shape index (κ1) is 20.6. The number of benzene rings is 1. The number of rotatable bonds is 4. The van der Waals surface area contributed by atoms with E-state index in [0.29, 0.717) is 12.8 Å². The van der Waals surface area contributed by atoms with Crippen molar-refractivity contribution in [1.82, 2.24) is 14.9 Å². The predicted octanol–water partition coefficient (Wildman–Crippen LogP) is 3.02. The minimum atomic E-state index is -5.12. The number of hydrogen-bond donors (Lipinski definition) is 3. The maximum atomic E-state index is 14.3. The molecule has 4 rings (SSSR count). The van der Waals surface area contributed by atoms with E-state index in [1.807, 2.05) is 12.2 Å². The van der Waals surface area contributed by atoms with Crippen LogP contribution in [0.3, 0.4) is 0 Å². The summed E-state index contributed by atoms with van der Waals surface area (Å²) < 4.78 is 43.7. The van der Waals surface area contributed by atoms with Crippen molar-refractivity contribution >= 4 is 28.8 Å². The highest BCUT2D eigenvalue weighted by atomic mass is 19.4. The van der Waals surface area contributed by atoms with Crippen molar-refractivity contribution in [3.8, 4) is 0 Å². The molecule has 0 radical (unpaired) electrons. The number of aromatic nitrogens is 2. The lowest BCUT2D eigenvalue weighted by molar-refractivity contribution is -0.217. The zero-order valence-corrected chi connectivity index (χ0v) is 16.7. The monoisotopic (exact) mass is 424 g/mol. The molecule has 1 aromatic carbocycles. The molecule has 1 fully saturated rings. The summed E-state index contributed by atoms with van der Waals surface area (Å²) in [7, 11) is 0. The summed E-state index contributed by atoms with van der Waals surface area (Å²) in [6.07, 6.45) is -2.73. The molecule has 0 saturated heterocycles. The molecule has 2 heterocycles. The average Bonchev–Trinajstić information content (AvgIpc) is 3.29. The minimum absolute atomic E-state index is 0.0459. The van der Waals surface area contributed by atoms with Crippen LogP contribution in [0.1, 0.15) is 49.7 Å². The lowest BCUT2D eigenvalue weighted by Crippen LogP contribution is -2.63. The summed E-state index contributed by atoms with van der Waals surface area (Å²) in [6.45, 7) is 3.55. The quantitative estimate of drug-likeness (QED) is 0.703. The van der Waals surface area contributed by atoms with E-state index in [4.69, 9.17) is 0 Å². The second-order valence-electron chi connectivity index (χ2n) is 8.34. The Morgan fingerprint density at radius 2 is 1.90 bits per heavy atom. The number of halogens is 3. The lowest BCUT2D eigenvalue weighted by Gasteiger charge is -2.32. The summed E-state index contributed by atoms with van der Waals surface area (Å²) in [5.41, 5.74) is -2.38. The molecule has 0 spiro atoms. The molecule has 2 amide bonds. The van der Waals surface area contributed by atoms with Gasteiger partial charge in [0.25, 0.3) is 11.6 Å². The molecule has 1 aliphatic carbocycles. The fourth-order valence-electron chi connectivity index (χ4n) is 4.38. The Bertz CT molecular complexity index is 1040. The molecule has 2 aromatic rings. The number of imidazole rings is 1. The minimum Gasteiger partial charge on any atom is -0.390 e. The molecule has 0 bridgehead atoms. The highest BCUT2D eigenvalue weighted by molar-refractivity contribution is 6.05. The second-order valence-corrected chi connectivity index (χ2v) is 8.34. The van der Waals surface area contributed by atoms with Crippen LogP contribution in [0.15, 0.2) is 12.1 Å². The van der Waals surface area contributed by atoms with Crippen molar-refractivity contribution in [1.29, 1.82) is 0 Å². The number of alkyl halides is 3. The number of nitrogens with zero attached hydrogens (tertiary/aromatic N) is 2. The Morgan fingerprint density at radius 1 is 1.27 bits per heavy atom. The van der Waals surface area contributed by atoms with Crippen molar-refractivity contribution in [2.45, 2.75) is 69.8 Å². The topological polar surface area (TPSA) is 96.2 Å². The Balaban J connectivity index is 1.73. The predicted molar refractivity (Wildman–Crippen MR) is 103 cm³/mol. The van der Waals surface area contributed by atoms with Gasteiger partial charge < -0.3 is 10.4 Å². The summed E-state index contributed by atoms with van der Waals surface area (Å²) in [6, 6.07) is 3.16. The molecule has 1 atom stereocenters. The normalized spacial score (nSPS) is 22.9. The van der Waals surface area contributed by atoms with Crippen LogP contribution in [0.2, 0.25) is 0 Å². The fraction of sp³-hybridized carbons (Fsp3) is 0.550. The number of nitrogens with one attached hydrogen (secondary N) is 2. The van der Waals surface area contributed by atoms with E-state index < -0.39 is 29.3 Å². The molecular formula is C20H23F3N4O3. The van der Waals surface area contributed by atoms with Gasteiger partial charge in [-0.2, -0.15) is 13.2 Å². The van der Waals surface area contributed by atoms with E-state index in [0.717, 1.165) is 28.5 Å². The van der Waals surface area contributed by atoms with E-state index in [9.17, 15) is 27.9 Å². The largest absolute Gasteiger partial charge is 0.440 e. The van der Waals surface area contributed by atoms with Gasteiger partial charge in [-0.15, -0.1) is 0 Å². The van der Waals surface area contributed by atoms with Crippen LogP contribution in [-0.2, 0) is 15.3 Å². The molecule has 30 heavy (non-hydrogen) atoms. The standard InChI is InChI=1S/C20H23F3N4O3/c1-11-9-13-14(10-12(11)2)27-17(24-13)25-16(29)19(27,20(21,22)23)26-15(28)5-8-18(30)6-3-4-7-18/h9-10,30H,3-8H2,1-2H3,(H,26,28)(H,24,25,29). The van der Waals surface area contributed by atoms with Crippen LogP contribution in [-0.4, -0.2) is 38.2 Å². The number of hydrogen-bond acceptors (Lipinski definition) is 4. The number of aliphatic hydroxyl groups is 1. The molecule has 1 saturated carbocycles. The fourth-order valence-corrected chi connectivity index (χ4v) is 4.38. The van der Waals surface area contributed by atoms with Gasteiger partial charge in [-0.25, -0.2) is 4.98 Å². The molecule has 3 N–H and O–H groups in total. The van der Waals surface area contributed by atoms with Crippen LogP contribution >= 0.6 is 0 Å². The van der Waals surface area contributed by atoms with Crippen LogP contribution in [0.25, 0.3) is 11.0 Å². The maximum Gasteiger partial charge on any atom is 0.440 e. The Kier molecular flexibility index (Phi) is 4.61. The molecule has 10 heteroatoms. The van der Waals surface area contributed by atoms with Crippen molar-refractivity contribution in [2.75, 3.05) is 5.32 Å². The van der Waals surface area contributed by atoms with Crippen molar-refractivity contribution in [3.63, 3.8) is 0 Å². The third-order valence-electron chi connectivity index (χ3n) is 6.24. The Hall–Kier alpha value is -2.62. The number of carbonyl (C=O) groups excluding carboxylic acids is 2. The molecule has 162 valence electrons. The number of fused-ring (bicyclic) bond motifs is 3. The zero-order chi connectivity index (χ0) is 21.9. The van der Waals surface area contributed by atoms with Gasteiger partial charge in [-0.1, -0.05) is 12.8 Å². The van der Waals surface area contributed by atoms with E-state index in [-0.39, 0.29) is 29.8 Å². The summed E-state index contributed by atoms with van der Waals surface area (Å²) >= 11 is 0. The summed E-state index contributed by atoms with van der Waals surface area (Å²) in [4.78, 5) is 29.2. The molecule has 1 aliphatic heterocycles. The van der Waals surface area contributed by atoms with Crippen LogP contribution < -0.4 is 10.6 Å². The third-order valence-corrected chi connectivity index (χ3v) is 6.24. The lowest BCUT2D eigenvalue weighted by atomic mass is 9.95. The first-order chi connectivity index (χ1) is 14.0. The average molecular weight is 424 g/mol. The molecule has 1 unspecified atom stereocenters. The number of aryl methyl sites for hydroxylation is 2. The van der Waals surface area contributed by atoms with E-state index in [2.05, 4.69) is 10.3 Å². The van der Waals surface area contributed by atoms with Crippen molar-refractivity contribution < 1.29 is 27.9 Å². The first-order valence-electron chi connectivity index (χ1n) is 9.89. The van der Waals surface area contributed by atoms with E-state index >= 15 is 0 Å². The van der Waals surface area contributed by atoms with Gasteiger partial charge in [0.1, 0.15) is 0 Å². The van der Waals surface area contributed by atoms with Crippen LogP contribution in [0.4, 0.5) is 19.1 Å². The highest BCUT2D eigenvalue weighted by Gasteiger charge is 2.67. The van der Waals surface area contributed by atoms with Gasteiger partial charge in [0.2, 0.25) is 11.9 Å². The van der Waals surface area contributed by atoms with Gasteiger partial charge in [-0.3, -0.25) is 19.5 Å².